The van der Waals surface area contributed by atoms with Crippen LogP contribution in [-0.2, 0) is 11.0 Å². The normalized spacial score (nSPS) is 23.0. The van der Waals surface area contributed by atoms with E-state index in [9.17, 15) is 18.0 Å². The Morgan fingerprint density at radius 2 is 2.04 bits per heavy atom. The number of carbonyl (C=O) groups is 1. The van der Waals surface area contributed by atoms with Gasteiger partial charge in [0, 0.05) is 31.1 Å². The molecule has 0 saturated carbocycles. The van der Waals surface area contributed by atoms with Crippen LogP contribution >= 0.6 is 0 Å². The van der Waals surface area contributed by atoms with Gasteiger partial charge in [-0.1, -0.05) is 0 Å². The predicted octanol–water partition coefficient (Wildman–Crippen LogP) is 2.91. The summed E-state index contributed by atoms with van der Waals surface area (Å²) in [5.41, 5.74) is -0.417. The Morgan fingerprint density at radius 1 is 1.28 bits per heavy atom. The number of likely N-dealkylation sites (tertiary alicyclic amines) is 1. The van der Waals surface area contributed by atoms with Crippen molar-refractivity contribution in [3.05, 3.63) is 17.5 Å². The van der Waals surface area contributed by atoms with Crippen LogP contribution in [0.2, 0.25) is 0 Å². The van der Waals surface area contributed by atoms with E-state index in [0.29, 0.717) is 31.1 Å². The van der Waals surface area contributed by atoms with Crippen molar-refractivity contribution < 1.29 is 18.0 Å². The van der Waals surface area contributed by atoms with Gasteiger partial charge in [0.2, 0.25) is 5.91 Å². The molecule has 0 radical (unpaired) electrons. The standard InChI is InChI=1S/C17H25F3N4O/c18-17(19,20)15-10-14(22-23-15)13-2-1-9-24(11-13)16(25)4-3-12-5-7-21-8-6-12/h10,12-13,21H,1-9,11H2,(H,22,23). The number of alkyl halides is 3. The molecule has 1 amide bonds. The zero-order chi connectivity index (χ0) is 17.9. The molecule has 25 heavy (non-hydrogen) atoms. The number of nitrogens with zero attached hydrogens (tertiary/aromatic N) is 2. The Hall–Kier alpha value is -1.57. The van der Waals surface area contributed by atoms with E-state index in [1.165, 1.54) is 0 Å². The fourth-order valence-electron chi connectivity index (χ4n) is 3.80. The Balaban J connectivity index is 1.53. The van der Waals surface area contributed by atoms with Crippen molar-refractivity contribution >= 4 is 5.91 Å². The van der Waals surface area contributed by atoms with Crippen LogP contribution < -0.4 is 5.32 Å². The average molecular weight is 358 g/mol. The molecular weight excluding hydrogens is 333 g/mol. The van der Waals surface area contributed by atoms with Crippen LogP contribution in [-0.4, -0.2) is 47.2 Å². The Morgan fingerprint density at radius 3 is 2.72 bits per heavy atom. The number of hydrogen-bond acceptors (Lipinski definition) is 3. The number of aromatic nitrogens is 2. The van der Waals surface area contributed by atoms with Crippen LogP contribution in [0.3, 0.4) is 0 Å². The summed E-state index contributed by atoms with van der Waals surface area (Å²) >= 11 is 0. The first-order valence-electron chi connectivity index (χ1n) is 9.04. The topological polar surface area (TPSA) is 61.0 Å². The van der Waals surface area contributed by atoms with Gasteiger partial charge >= 0.3 is 6.18 Å². The van der Waals surface area contributed by atoms with Crippen LogP contribution in [0.15, 0.2) is 6.07 Å². The van der Waals surface area contributed by atoms with Crippen LogP contribution in [0.25, 0.3) is 0 Å². The minimum absolute atomic E-state index is 0.0971. The van der Waals surface area contributed by atoms with Crippen molar-refractivity contribution in [2.75, 3.05) is 26.2 Å². The third-order valence-electron chi connectivity index (χ3n) is 5.33. The highest BCUT2D eigenvalue weighted by Gasteiger charge is 2.35. The van der Waals surface area contributed by atoms with Crippen molar-refractivity contribution in [3.8, 4) is 0 Å². The molecule has 1 atom stereocenters. The van der Waals surface area contributed by atoms with Gasteiger partial charge in [0.25, 0.3) is 0 Å². The van der Waals surface area contributed by atoms with Crippen LogP contribution in [0, 0.1) is 5.92 Å². The third kappa shape index (κ3) is 4.74. The summed E-state index contributed by atoms with van der Waals surface area (Å²) in [6.45, 7) is 3.21. The molecule has 1 aromatic rings. The summed E-state index contributed by atoms with van der Waals surface area (Å²) in [6.07, 6.45) is 0.822. The molecule has 2 aliphatic heterocycles. The van der Waals surface area contributed by atoms with Gasteiger partial charge in [-0.25, -0.2) is 0 Å². The molecule has 3 heterocycles. The summed E-state index contributed by atoms with van der Waals surface area (Å²) in [5.74, 6) is 0.631. The first kappa shape index (κ1) is 18.2. The molecular formula is C17H25F3N4O. The number of piperidine rings is 2. The maximum absolute atomic E-state index is 12.7. The van der Waals surface area contributed by atoms with E-state index >= 15 is 0 Å². The highest BCUT2D eigenvalue weighted by molar-refractivity contribution is 5.76. The van der Waals surface area contributed by atoms with Gasteiger partial charge in [0.05, 0.1) is 0 Å². The third-order valence-corrected chi connectivity index (χ3v) is 5.33. The van der Waals surface area contributed by atoms with E-state index in [1.54, 1.807) is 0 Å². The lowest BCUT2D eigenvalue weighted by Gasteiger charge is -2.33. The number of halogens is 3. The molecule has 0 aromatic carbocycles. The van der Waals surface area contributed by atoms with Gasteiger partial charge in [-0.15, -0.1) is 0 Å². The predicted molar refractivity (Wildman–Crippen MR) is 87.0 cm³/mol. The number of aromatic amines is 1. The average Bonchev–Trinajstić information content (AvgIpc) is 3.11. The molecule has 2 N–H and O–H groups in total. The van der Waals surface area contributed by atoms with E-state index in [0.717, 1.165) is 51.3 Å². The van der Waals surface area contributed by atoms with Gasteiger partial charge in [-0.3, -0.25) is 9.89 Å². The van der Waals surface area contributed by atoms with Crippen molar-refractivity contribution in [2.45, 2.75) is 50.6 Å². The number of hydrogen-bond donors (Lipinski definition) is 2. The van der Waals surface area contributed by atoms with Crippen LogP contribution in [0.4, 0.5) is 13.2 Å². The van der Waals surface area contributed by atoms with Gasteiger partial charge in [-0.2, -0.15) is 18.3 Å². The minimum Gasteiger partial charge on any atom is -0.342 e. The van der Waals surface area contributed by atoms with E-state index in [4.69, 9.17) is 0 Å². The van der Waals surface area contributed by atoms with E-state index in [2.05, 4.69) is 15.5 Å². The zero-order valence-corrected chi connectivity index (χ0v) is 14.2. The lowest BCUT2D eigenvalue weighted by Crippen LogP contribution is -2.39. The van der Waals surface area contributed by atoms with Crippen molar-refractivity contribution in [3.63, 3.8) is 0 Å². The molecule has 5 nitrogen and oxygen atoms in total. The van der Waals surface area contributed by atoms with Crippen molar-refractivity contribution in [2.24, 2.45) is 5.92 Å². The SMILES string of the molecule is O=C(CCC1CCNCC1)N1CCCC(c2cc(C(F)(F)F)n[nH]2)C1. The maximum Gasteiger partial charge on any atom is 0.435 e. The van der Waals surface area contributed by atoms with Crippen LogP contribution in [0.1, 0.15) is 55.8 Å². The number of carbonyl (C=O) groups excluding carboxylic acids is 1. The molecule has 2 fully saturated rings. The zero-order valence-electron chi connectivity index (χ0n) is 14.2. The van der Waals surface area contributed by atoms with Crippen LogP contribution in [0.5, 0.6) is 0 Å². The van der Waals surface area contributed by atoms with Gasteiger partial charge in [0.15, 0.2) is 5.69 Å². The van der Waals surface area contributed by atoms with Crippen molar-refractivity contribution in [1.82, 2.24) is 20.4 Å². The molecule has 8 heteroatoms. The maximum atomic E-state index is 12.7. The highest BCUT2D eigenvalue weighted by Crippen LogP contribution is 2.32. The lowest BCUT2D eigenvalue weighted by atomic mass is 9.91. The summed E-state index contributed by atoms with van der Waals surface area (Å²) < 4.78 is 38.1. The fourth-order valence-corrected chi connectivity index (χ4v) is 3.80. The molecule has 0 spiro atoms. The monoisotopic (exact) mass is 358 g/mol. The molecule has 1 aromatic heterocycles. The first-order chi connectivity index (χ1) is 11.9. The summed E-state index contributed by atoms with van der Waals surface area (Å²) in [6, 6.07) is 1.08. The highest BCUT2D eigenvalue weighted by atomic mass is 19.4. The molecule has 2 aliphatic rings. The number of amides is 1. The van der Waals surface area contributed by atoms with E-state index in [-0.39, 0.29) is 11.8 Å². The first-order valence-corrected chi connectivity index (χ1v) is 9.04. The molecule has 0 bridgehead atoms. The van der Waals surface area contributed by atoms with Gasteiger partial charge in [0.1, 0.15) is 0 Å². The Kier molecular flexibility index (Phi) is 5.66. The number of rotatable bonds is 4. The van der Waals surface area contributed by atoms with E-state index < -0.39 is 11.9 Å². The number of H-pyrrole nitrogens is 1. The smallest absolute Gasteiger partial charge is 0.342 e. The fraction of sp³-hybridized carbons (Fsp3) is 0.765. The Labute approximate surface area is 145 Å². The molecule has 140 valence electrons. The van der Waals surface area contributed by atoms with Gasteiger partial charge < -0.3 is 10.2 Å². The molecule has 0 aliphatic carbocycles. The van der Waals surface area contributed by atoms with Gasteiger partial charge in [-0.05, 0) is 57.2 Å². The Bertz CT molecular complexity index is 581. The second-order valence-electron chi connectivity index (χ2n) is 7.12. The van der Waals surface area contributed by atoms with Crippen molar-refractivity contribution in [1.29, 1.82) is 0 Å². The molecule has 1 unspecified atom stereocenters. The summed E-state index contributed by atoms with van der Waals surface area (Å²) in [5, 5.41) is 9.20. The summed E-state index contributed by atoms with van der Waals surface area (Å²) in [7, 11) is 0. The second-order valence-corrected chi connectivity index (χ2v) is 7.12. The molecule has 3 rings (SSSR count). The second kappa shape index (κ2) is 7.76. The minimum atomic E-state index is -4.44. The largest absolute Gasteiger partial charge is 0.435 e. The lowest BCUT2D eigenvalue weighted by molar-refractivity contribution is -0.141. The number of nitrogens with one attached hydrogen (secondary N) is 2. The van der Waals surface area contributed by atoms with E-state index in [1.807, 2.05) is 4.90 Å². The molecule has 2 saturated heterocycles. The quantitative estimate of drug-likeness (QED) is 0.870. The summed E-state index contributed by atoms with van der Waals surface area (Å²) in [4.78, 5) is 14.3.